The summed E-state index contributed by atoms with van der Waals surface area (Å²) in [6, 6.07) is 30.0. The van der Waals surface area contributed by atoms with E-state index in [1.807, 2.05) is 24.3 Å². The van der Waals surface area contributed by atoms with E-state index in [1.54, 1.807) is 14.2 Å². The van der Waals surface area contributed by atoms with Crippen LogP contribution in [0.2, 0.25) is 0 Å². The zero-order valence-electron chi connectivity index (χ0n) is 22.8. The van der Waals surface area contributed by atoms with Crippen LogP contribution in [-0.4, -0.2) is 66.3 Å². The highest BCUT2D eigenvalue weighted by molar-refractivity contribution is 5.57. The lowest BCUT2D eigenvalue weighted by molar-refractivity contribution is -0.00439. The van der Waals surface area contributed by atoms with Crippen molar-refractivity contribution in [2.75, 3.05) is 40.4 Å². The van der Waals surface area contributed by atoms with Gasteiger partial charge in [0.2, 0.25) is 0 Å². The second-order valence-corrected chi connectivity index (χ2v) is 10.0. The maximum atomic E-state index is 5.91. The van der Waals surface area contributed by atoms with Crippen molar-refractivity contribution in [1.82, 2.24) is 19.8 Å². The van der Waals surface area contributed by atoms with Gasteiger partial charge in [0, 0.05) is 44.5 Å². The van der Waals surface area contributed by atoms with Crippen LogP contribution in [-0.2, 0) is 4.74 Å². The number of H-pyrrole nitrogens is 1. The third kappa shape index (κ3) is 5.53. The lowest BCUT2D eigenvalue weighted by atomic mass is 9.96. The third-order valence-corrected chi connectivity index (χ3v) is 7.72. The third-order valence-electron chi connectivity index (χ3n) is 7.72. The lowest BCUT2D eigenvalue weighted by Crippen LogP contribution is -2.51. The van der Waals surface area contributed by atoms with Crippen molar-refractivity contribution in [3.05, 3.63) is 107 Å². The van der Waals surface area contributed by atoms with Crippen LogP contribution in [0, 0.1) is 6.92 Å². The molecule has 198 valence electrons. The summed E-state index contributed by atoms with van der Waals surface area (Å²) in [5, 5.41) is 0. The van der Waals surface area contributed by atoms with Crippen molar-refractivity contribution in [2.24, 2.45) is 0 Å². The summed E-state index contributed by atoms with van der Waals surface area (Å²) >= 11 is 0. The molecule has 2 atom stereocenters. The van der Waals surface area contributed by atoms with Crippen molar-refractivity contribution in [2.45, 2.75) is 32.0 Å². The average molecular weight is 511 g/mol. The second-order valence-electron chi connectivity index (χ2n) is 10.0. The zero-order chi connectivity index (χ0) is 26.5. The Balaban J connectivity index is 1.38. The number of piperazine rings is 1. The number of aromatic nitrogens is 2. The minimum absolute atomic E-state index is 0.00584. The molecule has 0 amide bonds. The number of nitrogens with zero attached hydrogens (tertiary/aromatic N) is 3. The smallest absolute Gasteiger partial charge is 0.137 e. The Morgan fingerprint density at radius 1 is 0.763 bits per heavy atom. The Labute approximate surface area is 226 Å². The molecule has 1 aliphatic rings. The molecule has 1 aliphatic heterocycles. The molecule has 0 spiro atoms. The van der Waals surface area contributed by atoms with Gasteiger partial charge < -0.3 is 14.5 Å². The van der Waals surface area contributed by atoms with E-state index in [0.717, 1.165) is 54.7 Å². The molecule has 6 nitrogen and oxygen atoms in total. The lowest BCUT2D eigenvalue weighted by Gasteiger charge is -2.43. The van der Waals surface area contributed by atoms with Crippen LogP contribution in [0.25, 0.3) is 11.4 Å². The molecule has 1 aromatic heterocycles. The molecule has 38 heavy (non-hydrogen) atoms. The van der Waals surface area contributed by atoms with Crippen LogP contribution in [0.3, 0.4) is 0 Å². The Bertz CT molecular complexity index is 1240. The van der Waals surface area contributed by atoms with Crippen LogP contribution < -0.4 is 4.74 Å². The van der Waals surface area contributed by atoms with Crippen molar-refractivity contribution in [3.8, 4) is 17.1 Å². The van der Waals surface area contributed by atoms with Gasteiger partial charge in [0.15, 0.2) is 0 Å². The van der Waals surface area contributed by atoms with Crippen LogP contribution in [0.15, 0.2) is 84.9 Å². The number of nitrogens with one attached hydrogen (secondary N) is 1. The van der Waals surface area contributed by atoms with Gasteiger partial charge in [-0.2, -0.15) is 0 Å². The van der Waals surface area contributed by atoms with Crippen molar-refractivity contribution in [3.63, 3.8) is 0 Å². The normalized spacial score (nSPS) is 16.4. The molecule has 0 aliphatic carbocycles. The fourth-order valence-corrected chi connectivity index (χ4v) is 5.63. The Kier molecular flexibility index (Phi) is 8.23. The first kappa shape index (κ1) is 26.2. The fraction of sp³-hybridized carbons (Fsp3) is 0.344. The van der Waals surface area contributed by atoms with E-state index < -0.39 is 0 Å². The quantitative estimate of drug-likeness (QED) is 0.305. The fourth-order valence-electron chi connectivity index (χ4n) is 5.63. The number of aromatic amines is 1. The first-order valence-corrected chi connectivity index (χ1v) is 13.4. The highest BCUT2D eigenvalue weighted by atomic mass is 16.5. The number of ether oxygens (including phenoxy) is 2. The summed E-state index contributed by atoms with van der Waals surface area (Å²) in [7, 11) is 3.48. The number of imidazole rings is 1. The summed E-state index contributed by atoms with van der Waals surface area (Å²) in [6.45, 7) is 8.08. The van der Waals surface area contributed by atoms with Gasteiger partial charge in [0.1, 0.15) is 11.6 Å². The number of hydrogen-bond donors (Lipinski definition) is 1. The van der Waals surface area contributed by atoms with E-state index in [0.29, 0.717) is 0 Å². The first-order valence-electron chi connectivity index (χ1n) is 13.4. The van der Waals surface area contributed by atoms with E-state index in [9.17, 15) is 0 Å². The predicted molar refractivity (Wildman–Crippen MR) is 152 cm³/mol. The first-order chi connectivity index (χ1) is 18.6. The maximum absolute atomic E-state index is 5.91. The van der Waals surface area contributed by atoms with E-state index >= 15 is 0 Å². The molecular formula is C32H38N4O2. The van der Waals surface area contributed by atoms with Gasteiger partial charge in [-0.15, -0.1) is 0 Å². The van der Waals surface area contributed by atoms with Crippen molar-refractivity contribution >= 4 is 0 Å². The van der Waals surface area contributed by atoms with E-state index in [2.05, 4.69) is 89.3 Å². The number of aryl methyl sites for hydroxylation is 1. The summed E-state index contributed by atoms with van der Waals surface area (Å²) in [6.07, 6.45) is 0.00584. The molecule has 2 heterocycles. The van der Waals surface area contributed by atoms with Crippen LogP contribution in [0.4, 0.5) is 0 Å². The molecule has 1 N–H and O–H groups in total. The largest absolute Gasteiger partial charge is 0.497 e. The van der Waals surface area contributed by atoms with Gasteiger partial charge in [-0.05, 0) is 49.2 Å². The van der Waals surface area contributed by atoms with E-state index in [1.165, 1.54) is 11.1 Å². The molecule has 2 unspecified atom stereocenters. The Morgan fingerprint density at radius 3 is 1.84 bits per heavy atom. The molecular weight excluding hydrogens is 472 g/mol. The molecule has 0 saturated carbocycles. The standard InChI is InChI=1S/C32H38N4O2/c1-23-29(34-32(33-23)27-15-17-28(38-4)18-16-27)30(24(2)37-3)35-19-21-36(22-20-35)31(25-11-7-5-8-12-25)26-13-9-6-10-14-26/h5-18,24,30-31H,19-22H2,1-4H3,(H,33,34). The van der Waals surface area contributed by atoms with E-state index in [-0.39, 0.29) is 18.2 Å². The summed E-state index contributed by atoms with van der Waals surface area (Å²) in [5.74, 6) is 1.71. The van der Waals surface area contributed by atoms with Crippen LogP contribution in [0.1, 0.15) is 41.5 Å². The molecule has 0 bridgehead atoms. The van der Waals surface area contributed by atoms with Crippen molar-refractivity contribution < 1.29 is 9.47 Å². The highest BCUT2D eigenvalue weighted by Gasteiger charge is 2.34. The minimum atomic E-state index is 0.00584. The molecule has 4 aromatic rings. The van der Waals surface area contributed by atoms with Gasteiger partial charge in [-0.25, -0.2) is 4.98 Å². The van der Waals surface area contributed by atoms with Gasteiger partial charge in [-0.1, -0.05) is 60.7 Å². The molecule has 1 saturated heterocycles. The Hall–Kier alpha value is -3.45. The number of hydrogen-bond acceptors (Lipinski definition) is 5. The van der Waals surface area contributed by atoms with Gasteiger partial charge in [-0.3, -0.25) is 9.80 Å². The SMILES string of the molecule is COc1ccc(-c2nc(C(C(C)OC)N3CCN(C(c4ccccc4)c4ccccc4)CC3)c(C)[nH]2)cc1. The van der Waals surface area contributed by atoms with Crippen LogP contribution in [0.5, 0.6) is 5.75 Å². The summed E-state index contributed by atoms with van der Waals surface area (Å²) < 4.78 is 11.2. The van der Waals surface area contributed by atoms with E-state index in [4.69, 9.17) is 14.5 Å². The van der Waals surface area contributed by atoms with Gasteiger partial charge in [0.05, 0.1) is 31.0 Å². The minimum Gasteiger partial charge on any atom is -0.497 e. The molecule has 3 aromatic carbocycles. The maximum Gasteiger partial charge on any atom is 0.137 e. The van der Waals surface area contributed by atoms with Gasteiger partial charge >= 0.3 is 0 Å². The average Bonchev–Trinajstić information content (AvgIpc) is 3.36. The number of benzene rings is 3. The number of rotatable bonds is 9. The Morgan fingerprint density at radius 2 is 1.32 bits per heavy atom. The summed E-state index contributed by atoms with van der Waals surface area (Å²) in [5.41, 5.74) is 5.85. The van der Waals surface area contributed by atoms with Gasteiger partial charge in [0.25, 0.3) is 0 Å². The molecule has 1 fully saturated rings. The monoisotopic (exact) mass is 510 g/mol. The molecule has 6 heteroatoms. The molecule has 5 rings (SSSR count). The summed E-state index contributed by atoms with van der Waals surface area (Å²) in [4.78, 5) is 13.8. The zero-order valence-corrected chi connectivity index (χ0v) is 22.8. The molecule has 0 radical (unpaired) electrons. The highest BCUT2D eigenvalue weighted by Crippen LogP contribution is 2.34. The van der Waals surface area contributed by atoms with Crippen LogP contribution >= 0.6 is 0 Å². The van der Waals surface area contributed by atoms with Crippen molar-refractivity contribution in [1.29, 1.82) is 0 Å². The topological polar surface area (TPSA) is 53.6 Å². The predicted octanol–water partition coefficient (Wildman–Crippen LogP) is 5.88. The second kappa shape index (κ2) is 11.9. The number of methoxy groups -OCH3 is 2.